The van der Waals surface area contributed by atoms with Crippen LogP contribution in [0.3, 0.4) is 0 Å². The van der Waals surface area contributed by atoms with Crippen molar-refractivity contribution < 1.29 is 4.79 Å². The van der Waals surface area contributed by atoms with Gasteiger partial charge in [0.1, 0.15) is 0 Å². The van der Waals surface area contributed by atoms with Crippen LogP contribution in [-0.2, 0) is 4.79 Å². The first-order valence-corrected chi connectivity index (χ1v) is 9.84. The number of carbonyl (C=O) groups excluding carboxylic acids is 1. The third kappa shape index (κ3) is 4.13. The van der Waals surface area contributed by atoms with Crippen molar-refractivity contribution >= 4 is 5.91 Å². The van der Waals surface area contributed by atoms with Gasteiger partial charge in [0.2, 0.25) is 5.91 Å². The van der Waals surface area contributed by atoms with Crippen LogP contribution in [0.1, 0.15) is 66.2 Å². The Morgan fingerprint density at radius 3 is 2.12 bits per heavy atom. The van der Waals surface area contributed by atoms with E-state index in [0.717, 1.165) is 32.4 Å². The molecule has 3 rings (SSSR count). The number of nitrogens with zero attached hydrogens (tertiary/aromatic N) is 2. The quantitative estimate of drug-likeness (QED) is 0.843. The fourth-order valence-electron chi connectivity index (χ4n) is 5.70. The summed E-state index contributed by atoms with van der Waals surface area (Å²) in [6.45, 7) is 13.5. The minimum absolute atomic E-state index is 0.132. The Morgan fingerprint density at radius 2 is 1.54 bits per heavy atom. The van der Waals surface area contributed by atoms with E-state index >= 15 is 0 Å². The molecule has 1 spiro atoms. The summed E-state index contributed by atoms with van der Waals surface area (Å²) in [6.07, 6.45) is 6.69. The molecule has 0 bridgehead atoms. The number of amides is 1. The molecule has 3 saturated heterocycles. The molecule has 3 aliphatic heterocycles. The predicted octanol–water partition coefficient (Wildman–Crippen LogP) is 2.88. The molecule has 24 heavy (non-hydrogen) atoms. The lowest BCUT2D eigenvalue weighted by molar-refractivity contribution is -0.132. The third-order valence-corrected chi connectivity index (χ3v) is 6.58. The number of piperidine rings is 2. The van der Waals surface area contributed by atoms with Gasteiger partial charge in [0.05, 0.1) is 0 Å². The maximum Gasteiger partial charge on any atom is 0.222 e. The highest BCUT2D eigenvalue weighted by Crippen LogP contribution is 2.41. The van der Waals surface area contributed by atoms with Crippen molar-refractivity contribution in [2.45, 2.75) is 77.3 Å². The van der Waals surface area contributed by atoms with E-state index in [1.807, 2.05) is 0 Å². The number of nitrogens with one attached hydrogen (secondary N) is 1. The molecule has 1 N–H and O–H groups in total. The van der Waals surface area contributed by atoms with E-state index in [4.69, 9.17) is 0 Å². The second-order valence-electron chi connectivity index (χ2n) is 10.2. The average Bonchev–Trinajstić information content (AvgIpc) is 2.83. The van der Waals surface area contributed by atoms with Crippen molar-refractivity contribution in [3.05, 3.63) is 0 Å². The number of hydrogen-bond donors (Lipinski definition) is 1. The van der Waals surface area contributed by atoms with Crippen molar-refractivity contribution in [3.8, 4) is 0 Å². The summed E-state index contributed by atoms with van der Waals surface area (Å²) in [7, 11) is 2.21. The topological polar surface area (TPSA) is 35.6 Å². The van der Waals surface area contributed by atoms with Gasteiger partial charge < -0.3 is 15.1 Å². The molecule has 0 atom stereocenters. The van der Waals surface area contributed by atoms with Gasteiger partial charge in [0, 0.05) is 30.6 Å². The van der Waals surface area contributed by atoms with Gasteiger partial charge in [-0.3, -0.25) is 4.79 Å². The first kappa shape index (κ1) is 18.2. The lowest BCUT2D eigenvalue weighted by Crippen LogP contribution is -2.58. The van der Waals surface area contributed by atoms with Crippen LogP contribution in [0.4, 0.5) is 0 Å². The molecule has 138 valence electrons. The van der Waals surface area contributed by atoms with Gasteiger partial charge in [0.15, 0.2) is 0 Å². The third-order valence-electron chi connectivity index (χ3n) is 6.58. The number of rotatable bonds is 2. The summed E-state index contributed by atoms with van der Waals surface area (Å²) in [5, 5.41) is 3.73. The van der Waals surface area contributed by atoms with Crippen LogP contribution in [0.15, 0.2) is 0 Å². The first-order chi connectivity index (χ1) is 11.1. The van der Waals surface area contributed by atoms with Crippen molar-refractivity contribution in [2.24, 2.45) is 11.3 Å². The van der Waals surface area contributed by atoms with Crippen molar-refractivity contribution in [1.82, 2.24) is 15.1 Å². The van der Waals surface area contributed by atoms with E-state index in [1.165, 1.54) is 32.4 Å². The van der Waals surface area contributed by atoms with Crippen LogP contribution < -0.4 is 5.32 Å². The molecule has 0 radical (unpaired) electrons. The minimum atomic E-state index is 0.132. The highest BCUT2D eigenvalue weighted by Gasteiger charge is 2.43. The molecule has 4 nitrogen and oxygen atoms in total. The van der Waals surface area contributed by atoms with Crippen LogP contribution in [0.25, 0.3) is 0 Å². The molecule has 0 unspecified atom stereocenters. The van der Waals surface area contributed by atoms with E-state index in [1.54, 1.807) is 0 Å². The molecule has 4 heteroatoms. The zero-order valence-electron chi connectivity index (χ0n) is 16.5. The zero-order chi connectivity index (χ0) is 17.6. The average molecular weight is 336 g/mol. The van der Waals surface area contributed by atoms with Gasteiger partial charge in [-0.2, -0.15) is 0 Å². The Bertz CT molecular complexity index is 461. The fourth-order valence-corrected chi connectivity index (χ4v) is 5.70. The van der Waals surface area contributed by atoms with Gasteiger partial charge in [0.25, 0.3) is 0 Å². The van der Waals surface area contributed by atoms with E-state index in [2.05, 4.69) is 49.9 Å². The number of carbonyl (C=O) groups is 1. The summed E-state index contributed by atoms with van der Waals surface area (Å²) in [6, 6.07) is 0. The second kappa shape index (κ2) is 6.28. The molecule has 0 saturated carbocycles. The maximum atomic E-state index is 12.9. The van der Waals surface area contributed by atoms with Crippen LogP contribution in [0.2, 0.25) is 0 Å². The summed E-state index contributed by atoms with van der Waals surface area (Å²) < 4.78 is 0. The monoisotopic (exact) mass is 335 g/mol. The standard InChI is InChI=1S/C20H37N3O/c1-18(2)13-16(14-19(3,4)21-18)12-17(24)23-11-8-20(15-23)6-9-22(5)10-7-20/h16,21H,6-15H2,1-5H3. The fraction of sp³-hybridized carbons (Fsp3) is 0.950. The number of hydrogen-bond acceptors (Lipinski definition) is 3. The summed E-state index contributed by atoms with van der Waals surface area (Å²) in [5.74, 6) is 0.919. The van der Waals surface area contributed by atoms with Crippen LogP contribution >= 0.6 is 0 Å². The SMILES string of the molecule is CN1CCC2(CC1)CCN(C(=O)CC1CC(C)(C)NC(C)(C)C1)C2. The molecule has 3 heterocycles. The van der Waals surface area contributed by atoms with Crippen molar-refractivity contribution in [1.29, 1.82) is 0 Å². The Morgan fingerprint density at radius 1 is 1.00 bits per heavy atom. The Hall–Kier alpha value is -0.610. The molecule has 0 aliphatic carbocycles. The van der Waals surface area contributed by atoms with Crippen molar-refractivity contribution in [3.63, 3.8) is 0 Å². The summed E-state index contributed by atoms with van der Waals surface area (Å²) in [4.78, 5) is 17.5. The normalized spacial score (nSPS) is 30.0. The Labute approximate surface area is 148 Å². The molecular formula is C20H37N3O. The molecule has 3 aliphatic rings. The lowest BCUT2D eigenvalue weighted by Gasteiger charge is -2.46. The minimum Gasteiger partial charge on any atom is -0.342 e. The van der Waals surface area contributed by atoms with Gasteiger partial charge in [-0.1, -0.05) is 0 Å². The van der Waals surface area contributed by atoms with Gasteiger partial charge >= 0.3 is 0 Å². The zero-order valence-corrected chi connectivity index (χ0v) is 16.5. The van der Waals surface area contributed by atoms with Crippen LogP contribution in [0.5, 0.6) is 0 Å². The molecule has 1 amide bonds. The molecule has 0 aromatic carbocycles. The molecule has 3 fully saturated rings. The molecular weight excluding hydrogens is 298 g/mol. The smallest absolute Gasteiger partial charge is 0.222 e. The lowest BCUT2D eigenvalue weighted by atomic mass is 9.74. The molecule has 0 aromatic rings. The van der Waals surface area contributed by atoms with E-state index < -0.39 is 0 Å². The predicted molar refractivity (Wildman–Crippen MR) is 99.0 cm³/mol. The van der Waals surface area contributed by atoms with Gasteiger partial charge in [-0.15, -0.1) is 0 Å². The largest absolute Gasteiger partial charge is 0.342 e. The maximum absolute atomic E-state index is 12.9. The first-order valence-electron chi connectivity index (χ1n) is 9.84. The Balaban J connectivity index is 1.56. The highest BCUT2D eigenvalue weighted by atomic mass is 16.2. The Kier molecular flexibility index (Phi) is 4.76. The second-order valence-corrected chi connectivity index (χ2v) is 10.2. The van der Waals surface area contributed by atoms with Crippen LogP contribution in [-0.4, -0.2) is 60.0 Å². The van der Waals surface area contributed by atoms with Gasteiger partial charge in [-0.25, -0.2) is 0 Å². The molecule has 0 aromatic heterocycles. The summed E-state index contributed by atoms with van der Waals surface area (Å²) >= 11 is 0. The van der Waals surface area contributed by atoms with Gasteiger partial charge in [-0.05, 0) is 91.3 Å². The highest BCUT2D eigenvalue weighted by molar-refractivity contribution is 5.77. The number of likely N-dealkylation sites (tertiary alicyclic amines) is 2. The van der Waals surface area contributed by atoms with E-state index in [9.17, 15) is 4.79 Å². The summed E-state index contributed by atoms with van der Waals surface area (Å²) in [5.41, 5.74) is 0.689. The van der Waals surface area contributed by atoms with Crippen LogP contribution in [0, 0.1) is 11.3 Å². The van der Waals surface area contributed by atoms with E-state index in [0.29, 0.717) is 17.2 Å². The van der Waals surface area contributed by atoms with Crippen molar-refractivity contribution in [2.75, 3.05) is 33.2 Å². The van der Waals surface area contributed by atoms with E-state index in [-0.39, 0.29) is 11.1 Å².